The van der Waals surface area contributed by atoms with E-state index >= 15 is 0 Å². The SMILES string of the molecule is CCOc1cc(C=C(CC(=O)O)c2nc3ccccc3s2)ccc1OCC(=O)N(C)C. The number of fused-ring (bicyclic) bond motifs is 1. The second-order valence-electron chi connectivity index (χ2n) is 6.94. The molecule has 8 heteroatoms. The zero-order valence-corrected chi connectivity index (χ0v) is 18.4. The van der Waals surface area contributed by atoms with Crippen molar-refractivity contribution in [1.29, 1.82) is 0 Å². The Balaban J connectivity index is 1.94. The van der Waals surface area contributed by atoms with Crippen molar-refractivity contribution < 1.29 is 24.2 Å². The summed E-state index contributed by atoms with van der Waals surface area (Å²) in [5.74, 6) is -0.153. The van der Waals surface area contributed by atoms with E-state index in [0.29, 0.717) is 28.7 Å². The Bertz CT molecular complexity index is 1090. The van der Waals surface area contributed by atoms with Gasteiger partial charge in [0.25, 0.3) is 5.91 Å². The molecule has 1 N–H and O–H groups in total. The Morgan fingerprint density at radius 3 is 2.58 bits per heavy atom. The smallest absolute Gasteiger partial charge is 0.307 e. The number of carboxylic acid groups (broad SMARTS) is 1. The Kier molecular flexibility index (Phi) is 7.25. The van der Waals surface area contributed by atoms with E-state index in [2.05, 4.69) is 4.98 Å². The normalized spacial score (nSPS) is 11.4. The van der Waals surface area contributed by atoms with Crippen molar-refractivity contribution in [3.63, 3.8) is 0 Å². The summed E-state index contributed by atoms with van der Waals surface area (Å²) in [5, 5.41) is 10.1. The maximum absolute atomic E-state index is 11.8. The number of likely N-dealkylation sites (N-methyl/N-ethyl adjacent to an activating group) is 1. The van der Waals surface area contributed by atoms with Crippen molar-refractivity contribution in [2.45, 2.75) is 13.3 Å². The molecule has 0 saturated heterocycles. The first kappa shape index (κ1) is 22.3. The second kappa shape index (κ2) is 10.1. The molecular weight excluding hydrogens is 416 g/mol. The minimum Gasteiger partial charge on any atom is -0.490 e. The van der Waals surface area contributed by atoms with Gasteiger partial charge in [-0.25, -0.2) is 4.98 Å². The van der Waals surface area contributed by atoms with Crippen molar-refractivity contribution in [3.8, 4) is 11.5 Å². The predicted octanol–water partition coefficient (Wildman–Crippen LogP) is 4.18. The van der Waals surface area contributed by atoms with Crippen LogP contribution >= 0.6 is 11.3 Å². The lowest BCUT2D eigenvalue weighted by Gasteiger charge is -2.15. The maximum atomic E-state index is 11.8. The first-order valence-corrected chi connectivity index (χ1v) is 10.6. The molecule has 1 heterocycles. The van der Waals surface area contributed by atoms with Gasteiger partial charge >= 0.3 is 5.97 Å². The third-order valence-corrected chi connectivity index (χ3v) is 5.48. The summed E-state index contributed by atoms with van der Waals surface area (Å²) in [7, 11) is 3.32. The molecule has 3 aromatic rings. The summed E-state index contributed by atoms with van der Waals surface area (Å²) < 4.78 is 12.3. The average molecular weight is 441 g/mol. The third-order valence-electron chi connectivity index (χ3n) is 4.37. The van der Waals surface area contributed by atoms with E-state index < -0.39 is 5.97 Å². The number of nitrogens with zero attached hydrogens (tertiary/aromatic N) is 2. The number of hydrogen-bond acceptors (Lipinski definition) is 6. The Morgan fingerprint density at radius 1 is 1.13 bits per heavy atom. The number of carbonyl (C=O) groups excluding carboxylic acids is 1. The molecule has 1 amide bonds. The van der Waals surface area contributed by atoms with Crippen LogP contribution in [0.15, 0.2) is 42.5 Å². The first-order chi connectivity index (χ1) is 14.9. The van der Waals surface area contributed by atoms with Crippen LogP contribution in [0.5, 0.6) is 11.5 Å². The molecule has 0 fully saturated rings. The van der Waals surface area contributed by atoms with Gasteiger partial charge in [-0.1, -0.05) is 18.2 Å². The molecule has 0 unspecified atom stereocenters. The number of carbonyl (C=O) groups is 2. The van der Waals surface area contributed by atoms with Gasteiger partial charge in [0, 0.05) is 14.1 Å². The molecule has 3 rings (SSSR count). The van der Waals surface area contributed by atoms with Crippen LogP contribution in [0.3, 0.4) is 0 Å². The number of amides is 1. The Labute approximate surface area is 184 Å². The van der Waals surface area contributed by atoms with Crippen LogP contribution in [-0.4, -0.2) is 54.2 Å². The molecule has 162 valence electrons. The molecule has 0 spiro atoms. The van der Waals surface area contributed by atoms with E-state index in [1.165, 1.54) is 16.2 Å². The van der Waals surface area contributed by atoms with Gasteiger partial charge in [0.2, 0.25) is 0 Å². The number of thiazole rings is 1. The van der Waals surface area contributed by atoms with E-state index in [1.54, 1.807) is 38.4 Å². The lowest BCUT2D eigenvalue weighted by molar-refractivity contribution is -0.135. The summed E-state index contributed by atoms with van der Waals surface area (Å²) in [4.78, 5) is 29.3. The number of benzene rings is 2. The maximum Gasteiger partial charge on any atom is 0.307 e. The molecule has 7 nitrogen and oxygen atoms in total. The first-order valence-electron chi connectivity index (χ1n) is 9.75. The van der Waals surface area contributed by atoms with Gasteiger partial charge in [0.05, 0.1) is 23.2 Å². The number of aromatic nitrogens is 1. The zero-order valence-electron chi connectivity index (χ0n) is 17.6. The van der Waals surface area contributed by atoms with Gasteiger partial charge in [-0.05, 0) is 48.4 Å². The minimum atomic E-state index is -0.933. The molecule has 0 radical (unpaired) electrons. The Hall–Kier alpha value is -3.39. The number of rotatable bonds is 9. The molecule has 0 aliphatic heterocycles. The highest BCUT2D eigenvalue weighted by atomic mass is 32.1. The highest BCUT2D eigenvalue weighted by Crippen LogP contribution is 2.33. The van der Waals surface area contributed by atoms with E-state index in [9.17, 15) is 14.7 Å². The zero-order chi connectivity index (χ0) is 22.4. The predicted molar refractivity (Wildman–Crippen MR) is 122 cm³/mol. The third kappa shape index (κ3) is 5.82. The molecule has 0 bridgehead atoms. The van der Waals surface area contributed by atoms with E-state index in [0.717, 1.165) is 15.8 Å². The van der Waals surface area contributed by atoms with Gasteiger partial charge in [-0.3, -0.25) is 9.59 Å². The van der Waals surface area contributed by atoms with Gasteiger partial charge in [0.15, 0.2) is 18.1 Å². The van der Waals surface area contributed by atoms with Crippen molar-refractivity contribution >= 4 is 45.1 Å². The number of ether oxygens (including phenoxy) is 2. The van der Waals surface area contributed by atoms with Crippen LogP contribution in [0.2, 0.25) is 0 Å². The molecule has 0 aliphatic carbocycles. The van der Waals surface area contributed by atoms with Gasteiger partial charge < -0.3 is 19.5 Å². The largest absolute Gasteiger partial charge is 0.490 e. The average Bonchev–Trinajstić information content (AvgIpc) is 3.16. The van der Waals surface area contributed by atoms with Crippen molar-refractivity contribution in [2.24, 2.45) is 0 Å². The van der Waals surface area contributed by atoms with Gasteiger partial charge in [0.1, 0.15) is 5.01 Å². The van der Waals surface area contributed by atoms with Crippen molar-refractivity contribution in [2.75, 3.05) is 27.3 Å². The van der Waals surface area contributed by atoms with Crippen LogP contribution in [0.25, 0.3) is 21.9 Å². The molecule has 0 aliphatic rings. The fraction of sp³-hybridized carbons (Fsp3) is 0.261. The molecular formula is C23H24N2O5S. The van der Waals surface area contributed by atoms with Crippen LogP contribution in [0, 0.1) is 0 Å². The summed E-state index contributed by atoms with van der Waals surface area (Å²) in [6.07, 6.45) is 1.64. The van der Waals surface area contributed by atoms with Crippen molar-refractivity contribution in [1.82, 2.24) is 9.88 Å². The van der Waals surface area contributed by atoms with Crippen molar-refractivity contribution in [3.05, 3.63) is 53.0 Å². The summed E-state index contributed by atoms with van der Waals surface area (Å²) in [6.45, 7) is 2.18. The fourth-order valence-electron chi connectivity index (χ4n) is 2.83. The highest BCUT2D eigenvalue weighted by molar-refractivity contribution is 7.19. The summed E-state index contributed by atoms with van der Waals surface area (Å²) >= 11 is 1.46. The van der Waals surface area contributed by atoms with Crippen LogP contribution in [-0.2, 0) is 9.59 Å². The fourth-order valence-corrected chi connectivity index (χ4v) is 3.81. The lowest BCUT2D eigenvalue weighted by Crippen LogP contribution is -2.27. The number of aliphatic carboxylic acids is 1. The quantitative estimate of drug-likeness (QED) is 0.537. The van der Waals surface area contributed by atoms with Gasteiger partial charge in [-0.2, -0.15) is 0 Å². The molecule has 0 saturated carbocycles. The van der Waals surface area contributed by atoms with E-state index in [4.69, 9.17) is 9.47 Å². The minimum absolute atomic E-state index is 0.0990. The highest BCUT2D eigenvalue weighted by Gasteiger charge is 2.14. The van der Waals surface area contributed by atoms with Crippen LogP contribution < -0.4 is 9.47 Å². The molecule has 0 atom stereocenters. The second-order valence-corrected chi connectivity index (χ2v) is 7.97. The topological polar surface area (TPSA) is 89.0 Å². The van der Waals surface area contributed by atoms with Crippen LogP contribution in [0.1, 0.15) is 23.9 Å². The number of carboxylic acids is 1. The van der Waals surface area contributed by atoms with Crippen LogP contribution in [0.4, 0.5) is 0 Å². The lowest BCUT2D eigenvalue weighted by atomic mass is 10.1. The standard InChI is InChI=1S/C23H24N2O5S/c1-4-29-19-12-15(9-10-18(19)30-14-21(26)25(2)3)11-16(13-22(27)28)23-24-17-7-5-6-8-20(17)31-23/h5-12H,4,13-14H2,1-3H3,(H,27,28). The summed E-state index contributed by atoms with van der Waals surface area (Å²) in [6, 6.07) is 13.0. The summed E-state index contributed by atoms with van der Waals surface area (Å²) in [5.41, 5.74) is 2.20. The Morgan fingerprint density at radius 2 is 1.90 bits per heavy atom. The van der Waals surface area contributed by atoms with E-state index in [1.807, 2.05) is 31.2 Å². The molecule has 1 aromatic heterocycles. The number of hydrogen-bond donors (Lipinski definition) is 1. The number of para-hydroxylation sites is 1. The van der Waals surface area contributed by atoms with E-state index in [-0.39, 0.29) is 18.9 Å². The molecule has 2 aromatic carbocycles. The molecule has 31 heavy (non-hydrogen) atoms. The van der Waals surface area contributed by atoms with Gasteiger partial charge in [-0.15, -0.1) is 11.3 Å². The monoisotopic (exact) mass is 440 g/mol.